The van der Waals surface area contributed by atoms with E-state index < -0.39 is 18.5 Å². The SMILES string of the molecule is CC1=C(C)C(Cl)([SiH2]C2(Cl)C(C)=C(C)c3c(C(C)C)ccc(C)c32)c2c(C)ccc(C(C)C)c21.[Zr]. The van der Waals surface area contributed by atoms with E-state index in [1.807, 2.05) is 0 Å². The zero-order valence-electron chi connectivity index (χ0n) is 22.4. The second-order valence-corrected chi connectivity index (χ2v) is 15.7. The van der Waals surface area contributed by atoms with Crippen molar-refractivity contribution in [3.63, 3.8) is 0 Å². The smallest absolute Gasteiger partial charge is 0.0923 e. The fraction of sp³-hybridized carbons (Fsp3) is 0.467. The third-order valence-corrected chi connectivity index (χ3v) is 13.0. The van der Waals surface area contributed by atoms with E-state index >= 15 is 0 Å². The van der Waals surface area contributed by atoms with Gasteiger partial charge in [-0.15, -0.1) is 23.2 Å². The van der Waals surface area contributed by atoms with Crippen LogP contribution in [0.15, 0.2) is 35.4 Å². The number of benzene rings is 2. The molecule has 2 unspecified atom stereocenters. The van der Waals surface area contributed by atoms with Crippen LogP contribution >= 0.6 is 23.2 Å². The summed E-state index contributed by atoms with van der Waals surface area (Å²) in [6.45, 7) is 22.6. The first-order valence-corrected chi connectivity index (χ1v) is 14.5. The molecule has 4 rings (SSSR count). The Hall–Kier alpha value is -0.400. The van der Waals surface area contributed by atoms with Crippen LogP contribution in [0.5, 0.6) is 0 Å². The van der Waals surface area contributed by atoms with E-state index in [-0.39, 0.29) is 26.2 Å². The standard InChI is InChI=1S/C30H38Cl2Si.Zr/c1-15(2)23-13-11-17(5)27-25(23)19(7)21(9)29(27,31)33-30(32)22(10)20(8)26-24(16(3)4)14-12-18(6)28(26)30;/h11-16H,33H2,1-10H3;. The van der Waals surface area contributed by atoms with Crippen LogP contribution in [0.2, 0.25) is 0 Å². The van der Waals surface area contributed by atoms with Crippen LogP contribution < -0.4 is 0 Å². The summed E-state index contributed by atoms with van der Waals surface area (Å²) in [6.07, 6.45) is 0. The van der Waals surface area contributed by atoms with Crippen molar-refractivity contribution < 1.29 is 26.2 Å². The Morgan fingerprint density at radius 2 is 0.941 bits per heavy atom. The molecule has 0 nitrogen and oxygen atoms in total. The normalized spacial score (nSPS) is 24.1. The van der Waals surface area contributed by atoms with Crippen LogP contribution in [-0.2, 0) is 35.2 Å². The molecule has 2 aliphatic carbocycles. The van der Waals surface area contributed by atoms with E-state index in [1.54, 1.807) is 0 Å². The Labute approximate surface area is 238 Å². The van der Waals surface area contributed by atoms with Crippen LogP contribution in [0.1, 0.15) is 112 Å². The number of rotatable bonds is 4. The van der Waals surface area contributed by atoms with Crippen molar-refractivity contribution in [1.82, 2.24) is 0 Å². The van der Waals surface area contributed by atoms with Crippen LogP contribution in [0.4, 0.5) is 0 Å². The van der Waals surface area contributed by atoms with E-state index in [0.717, 1.165) is 0 Å². The number of aryl methyl sites for hydroxylation is 2. The second-order valence-electron chi connectivity index (χ2n) is 11.0. The van der Waals surface area contributed by atoms with Gasteiger partial charge in [0.05, 0.1) is 18.5 Å². The summed E-state index contributed by atoms with van der Waals surface area (Å²) in [5.41, 5.74) is 16.1. The molecule has 0 fully saturated rings. The van der Waals surface area contributed by atoms with E-state index in [0.29, 0.717) is 11.8 Å². The topological polar surface area (TPSA) is 0 Å². The van der Waals surface area contributed by atoms with Crippen molar-refractivity contribution in [2.75, 3.05) is 0 Å². The van der Waals surface area contributed by atoms with Gasteiger partial charge in [-0.25, -0.2) is 0 Å². The maximum absolute atomic E-state index is 7.83. The summed E-state index contributed by atoms with van der Waals surface area (Å²) in [6, 6.07) is 9.14. The molecule has 0 saturated heterocycles. The summed E-state index contributed by atoms with van der Waals surface area (Å²) < 4.78 is -0.973. The fourth-order valence-corrected chi connectivity index (χ4v) is 11.5. The van der Waals surface area contributed by atoms with Crippen molar-refractivity contribution in [3.05, 3.63) is 79.9 Å². The zero-order chi connectivity index (χ0) is 24.6. The van der Waals surface area contributed by atoms with Crippen LogP contribution in [0.3, 0.4) is 0 Å². The Kier molecular flexibility index (Phi) is 7.86. The van der Waals surface area contributed by atoms with E-state index in [4.69, 9.17) is 23.2 Å². The zero-order valence-corrected chi connectivity index (χ0v) is 27.8. The van der Waals surface area contributed by atoms with Gasteiger partial charge in [0.1, 0.15) is 0 Å². The molecule has 34 heavy (non-hydrogen) atoms. The van der Waals surface area contributed by atoms with Gasteiger partial charge in [-0.1, -0.05) is 52.0 Å². The molecule has 2 aliphatic rings. The van der Waals surface area contributed by atoms with Gasteiger partial charge >= 0.3 is 0 Å². The maximum atomic E-state index is 7.83. The number of allylic oxidation sites excluding steroid dienone is 4. The quantitative estimate of drug-likeness (QED) is 0.247. The van der Waals surface area contributed by atoms with Crippen LogP contribution in [0.25, 0.3) is 11.1 Å². The average Bonchev–Trinajstić information content (AvgIpc) is 3.05. The first kappa shape index (κ1) is 28.2. The predicted molar refractivity (Wildman–Crippen MR) is 151 cm³/mol. The summed E-state index contributed by atoms with van der Waals surface area (Å²) in [7, 11) is -1.11. The summed E-state index contributed by atoms with van der Waals surface area (Å²) in [5, 5.41) is 0. The molecule has 0 aromatic heterocycles. The van der Waals surface area contributed by atoms with Gasteiger partial charge in [0.25, 0.3) is 0 Å². The first-order valence-electron chi connectivity index (χ1n) is 12.3. The van der Waals surface area contributed by atoms with Crippen LogP contribution in [0, 0.1) is 13.8 Å². The number of halogens is 2. The molecule has 0 saturated carbocycles. The van der Waals surface area contributed by atoms with Crippen molar-refractivity contribution in [1.29, 1.82) is 0 Å². The fourth-order valence-electron chi connectivity index (χ4n) is 6.36. The number of fused-ring (bicyclic) bond motifs is 2. The molecule has 0 N–H and O–H groups in total. The molecule has 0 radical (unpaired) electrons. The summed E-state index contributed by atoms with van der Waals surface area (Å²) in [4.78, 5) is 0. The molecule has 0 amide bonds. The number of hydrogen-bond acceptors (Lipinski definition) is 0. The van der Waals surface area contributed by atoms with Crippen molar-refractivity contribution >= 4 is 43.9 Å². The van der Waals surface area contributed by atoms with E-state index in [1.165, 1.54) is 66.8 Å². The van der Waals surface area contributed by atoms with Gasteiger partial charge in [-0.2, -0.15) is 0 Å². The minimum absolute atomic E-state index is 0. The molecule has 0 spiro atoms. The van der Waals surface area contributed by atoms with Gasteiger partial charge in [0.2, 0.25) is 0 Å². The number of hydrogen-bond donors (Lipinski definition) is 0. The summed E-state index contributed by atoms with van der Waals surface area (Å²) in [5.74, 6) is 0.916. The van der Waals surface area contributed by atoms with Gasteiger partial charge in [-0.3, -0.25) is 0 Å². The molecule has 2 aromatic carbocycles. The van der Waals surface area contributed by atoms with Crippen molar-refractivity contribution in [2.45, 2.75) is 90.1 Å². The molecule has 2 atom stereocenters. The predicted octanol–water partition coefficient (Wildman–Crippen LogP) is 8.81. The molecule has 0 heterocycles. The molecule has 4 heteroatoms. The van der Waals surface area contributed by atoms with E-state index in [2.05, 4.69) is 93.5 Å². The van der Waals surface area contributed by atoms with Gasteiger partial charge in [0.15, 0.2) is 0 Å². The van der Waals surface area contributed by atoms with Crippen molar-refractivity contribution in [2.24, 2.45) is 0 Å². The van der Waals surface area contributed by atoms with E-state index in [9.17, 15) is 0 Å². The third-order valence-electron chi connectivity index (χ3n) is 8.48. The average molecular weight is 589 g/mol. The number of alkyl halides is 2. The summed E-state index contributed by atoms with van der Waals surface area (Å²) >= 11 is 15.7. The third kappa shape index (κ3) is 3.86. The Morgan fingerprint density at radius 1 is 0.618 bits per heavy atom. The molecule has 0 aliphatic heterocycles. The Bertz CT molecular complexity index is 1140. The molecule has 0 bridgehead atoms. The molecule has 180 valence electrons. The van der Waals surface area contributed by atoms with Gasteiger partial charge in [-0.05, 0) is 120 Å². The molecular weight excluding hydrogens is 551 g/mol. The van der Waals surface area contributed by atoms with Crippen LogP contribution in [-0.4, -0.2) is 9.52 Å². The Morgan fingerprint density at radius 3 is 1.24 bits per heavy atom. The Balaban J connectivity index is 0.00000324. The minimum Gasteiger partial charge on any atom is -0.114 e. The van der Waals surface area contributed by atoms with Crippen molar-refractivity contribution in [3.8, 4) is 0 Å². The monoisotopic (exact) mass is 586 g/mol. The van der Waals surface area contributed by atoms with Gasteiger partial charge < -0.3 is 0 Å². The molecular formula is C30H38Cl2SiZr. The first-order chi connectivity index (χ1) is 15.3. The minimum atomic E-state index is -1.11. The molecule has 2 aromatic rings. The second kappa shape index (κ2) is 9.48. The maximum Gasteiger partial charge on any atom is 0.0923 e. The largest absolute Gasteiger partial charge is 0.114 e. The van der Waals surface area contributed by atoms with Gasteiger partial charge in [0, 0.05) is 26.2 Å².